The smallest absolute Gasteiger partial charge is 0.270 e. The van der Waals surface area contributed by atoms with Gasteiger partial charge in [-0.05, 0) is 48.9 Å². The zero-order valence-corrected chi connectivity index (χ0v) is 14.3. The van der Waals surface area contributed by atoms with Crippen LogP contribution in [0.5, 0.6) is 0 Å². The van der Waals surface area contributed by atoms with Crippen molar-refractivity contribution in [3.8, 4) is 0 Å². The molecule has 1 N–H and O–H groups in total. The van der Waals surface area contributed by atoms with E-state index in [1.807, 2.05) is 13.0 Å². The van der Waals surface area contributed by atoms with Crippen molar-refractivity contribution in [1.29, 1.82) is 0 Å². The summed E-state index contributed by atoms with van der Waals surface area (Å²) in [6, 6.07) is 8.59. The second-order valence-corrected chi connectivity index (χ2v) is 6.67. The van der Waals surface area contributed by atoms with E-state index in [2.05, 4.69) is 10.3 Å². The highest BCUT2D eigenvalue weighted by atomic mass is 19.1. The van der Waals surface area contributed by atoms with E-state index in [0.717, 1.165) is 24.0 Å². The number of amides is 1. The second kappa shape index (κ2) is 6.37. The summed E-state index contributed by atoms with van der Waals surface area (Å²) in [5, 5.41) is 2.63. The number of benzene rings is 1. The molecule has 0 unspecified atom stereocenters. The number of carbonyl (C=O) groups is 1. The monoisotopic (exact) mass is 351 g/mol. The number of hydrogen-bond acceptors (Lipinski definition) is 3. The topological polar surface area (TPSA) is 63.5 Å². The SMILES string of the molecule is Cc1cccn2c(=O)c(C(=O)NCc3cc(C4CC4)ccc3F)cnc12. The molecule has 26 heavy (non-hydrogen) atoms. The van der Waals surface area contributed by atoms with E-state index in [9.17, 15) is 14.0 Å². The number of pyridine rings is 1. The van der Waals surface area contributed by atoms with Crippen LogP contribution in [0.4, 0.5) is 4.39 Å². The van der Waals surface area contributed by atoms with Crippen molar-refractivity contribution in [2.75, 3.05) is 0 Å². The van der Waals surface area contributed by atoms with Gasteiger partial charge in [0, 0.05) is 24.5 Å². The molecule has 132 valence electrons. The Hall–Kier alpha value is -3.02. The molecule has 2 heterocycles. The number of hydrogen-bond donors (Lipinski definition) is 1. The molecule has 3 aromatic rings. The van der Waals surface area contributed by atoms with Crippen LogP contribution in [0.25, 0.3) is 5.65 Å². The minimum atomic E-state index is -0.561. The average molecular weight is 351 g/mol. The van der Waals surface area contributed by atoms with Gasteiger partial charge in [-0.2, -0.15) is 0 Å². The summed E-state index contributed by atoms with van der Waals surface area (Å²) in [6.07, 6.45) is 5.09. The number of aryl methyl sites for hydroxylation is 1. The van der Waals surface area contributed by atoms with Crippen LogP contribution in [0.1, 0.15) is 45.8 Å². The Labute approximate surface area is 149 Å². The quantitative estimate of drug-likeness (QED) is 0.786. The van der Waals surface area contributed by atoms with Gasteiger partial charge in [-0.1, -0.05) is 18.2 Å². The third-order valence-electron chi connectivity index (χ3n) is 4.73. The van der Waals surface area contributed by atoms with Crippen molar-refractivity contribution >= 4 is 11.6 Å². The van der Waals surface area contributed by atoms with Gasteiger partial charge in [0.05, 0.1) is 0 Å². The van der Waals surface area contributed by atoms with E-state index < -0.39 is 11.5 Å². The van der Waals surface area contributed by atoms with Gasteiger partial charge >= 0.3 is 0 Å². The fourth-order valence-corrected chi connectivity index (χ4v) is 3.07. The first-order chi connectivity index (χ1) is 12.5. The molecule has 0 spiro atoms. The minimum absolute atomic E-state index is 0.0290. The maximum Gasteiger partial charge on any atom is 0.270 e. The number of halogens is 1. The predicted molar refractivity (Wildman–Crippen MR) is 95.7 cm³/mol. The number of fused-ring (bicyclic) bond motifs is 1. The molecule has 0 bridgehead atoms. The highest BCUT2D eigenvalue weighted by Crippen LogP contribution is 2.40. The second-order valence-electron chi connectivity index (χ2n) is 6.67. The van der Waals surface area contributed by atoms with Crippen molar-refractivity contribution in [2.45, 2.75) is 32.2 Å². The number of aromatic nitrogens is 2. The normalized spacial score (nSPS) is 13.8. The van der Waals surface area contributed by atoms with Crippen molar-refractivity contribution in [1.82, 2.24) is 14.7 Å². The standard InChI is InChI=1S/C20H18FN3O2/c1-12-3-2-8-24-18(12)22-11-16(20(24)26)19(25)23-10-15-9-14(13-4-5-13)6-7-17(15)21/h2-3,6-9,11,13H,4-5,10H2,1H3,(H,23,25). The van der Waals surface area contributed by atoms with E-state index >= 15 is 0 Å². The molecule has 1 amide bonds. The largest absolute Gasteiger partial charge is 0.348 e. The van der Waals surface area contributed by atoms with Crippen molar-refractivity contribution in [2.24, 2.45) is 0 Å². The molecular formula is C20H18FN3O2. The Bertz CT molecular complexity index is 1070. The first-order valence-corrected chi connectivity index (χ1v) is 8.58. The van der Waals surface area contributed by atoms with E-state index in [0.29, 0.717) is 17.1 Å². The molecule has 2 aromatic heterocycles. The summed E-state index contributed by atoms with van der Waals surface area (Å²) < 4.78 is 15.4. The predicted octanol–water partition coefficient (Wildman–Crippen LogP) is 2.95. The number of nitrogens with one attached hydrogen (secondary N) is 1. The molecule has 1 aliphatic rings. The third kappa shape index (κ3) is 2.98. The molecule has 0 aliphatic heterocycles. The minimum Gasteiger partial charge on any atom is -0.348 e. The molecule has 0 atom stereocenters. The molecule has 4 rings (SSSR count). The van der Waals surface area contributed by atoms with Gasteiger partial charge in [-0.25, -0.2) is 9.37 Å². The van der Waals surface area contributed by atoms with Crippen LogP contribution in [0, 0.1) is 12.7 Å². The van der Waals surface area contributed by atoms with Crippen LogP contribution in [-0.2, 0) is 6.54 Å². The van der Waals surface area contributed by atoms with E-state index in [4.69, 9.17) is 0 Å². The van der Waals surface area contributed by atoms with Gasteiger partial charge in [0.15, 0.2) is 0 Å². The van der Waals surface area contributed by atoms with Gasteiger partial charge in [0.2, 0.25) is 0 Å². The lowest BCUT2D eigenvalue weighted by Gasteiger charge is -2.09. The van der Waals surface area contributed by atoms with Crippen molar-refractivity contribution < 1.29 is 9.18 Å². The lowest BCUT2D eigenvalue weighted by atomic mass is 10.1. The molecule has 5 nitrogen and oxygen atoms in total. The summed E-state index contributed by atoms with van der Waals surface area (Å²) in [5.74, 6) is -0.420. The summed E-state index contributed by atoms with van der Waals surface area (Å²) in [5.41, 5.74) is 2.37. The van der Waals surface area contributed by atoms with Crippen LogP contribution in [0.2, 0.25) is 0 Å². The van der Waals surface area contributed by atoms with Crippen LogP contribution in [0.15, 0.2) is 47.5 Å². The van der Waals surface area contributed by atoms with Crippen LogP contribution in [-0.4, -0.2) is 15.3 Å². The molecule has 6 heteroatoms. The summed E-state index contributed by atoms with van der Waals surface area (Å²) >= 11 is 0. The fourth-order valence-electron chi connectivity index (χ4n) is 3.07. The molecule has 1 aliphatic carbocycles. The maximum absolute atomic E-state index is 14.0. The van der Waals surface area contributed by atoms with Crippen molar-refractivity contribution in [3.05, 3.63) is 81.2 Å². The molecular weight excluding hydrogens is 333 g/mol. The zero-order valence-electron chi connectivity index (χ0n) is 14.3. The van der Waals surface area contributed by atoms with Gasteiger partial charge in [0.1, 0.15) is 17.0 Å². The first kappa shape index (κ1) is 16.4. The maximum atomic E-state index is 14.0. The van der Waals surface area contributed by atoms with Crippen LogP contribution in [0.3, 0.4) is 0 Å². The van der Waals surface area contributed by atoms with Gasteiger partial charge < -0.3 is 5.32 Å². The summed E-state index contributed by atoms with van der Waals surface area (Å²) in [7, 11) is 0. The number of rotatable bonds is 4. The summed E-state index contributed by atoms with van der Waals surface area (Å²) in [4.78, 5) is 29.2. The van der Waals surface area contributed by atoms with E-state index in [1.54, 1.807) is 24.4 Å². The van der Waals surface area contributed by atoms with Crippen LogP contribution >= 0.6 is 0 Å². The molecule has 1 saturated carbocycles. The average Bonchev–Trinajstić information content (AvgIpc) is 3.47. The van der Waals surface area contributed by atoms with Gasteiger partial charge in [0.25, 0.3) is 11.5 Å². The zero-order chi connectivity index (χ0) is 18.3. The first-order valence-electron chi connectivity index (χ1n) is 8.58. The summed E-state index contributed by atoms with van der Waals surface area (Å²) in [6.45, 7) is 1.87. The lowest BCUT2D eigenvalue weighted by molar-refractivity contribution is 0.0948. The fraction of sp³-hybridized carbons (Fsp3) is 0.250. The highest BCUT2D eigenvalue weighted by Gasteiger charge is 2.24. The third-order valence-corrected chi connectivity index (χ3v) is 4.73. The van der Waals surface area contributed by atoms with Gasteiger partial charge in [-0.3, -0.25) is 14.0 Å². The Kier molecular flexibility index (Phi) is 4.03. The van der Waals surface area contributed by atoms with Gasteiger partial charge in [-0.15, -0.1) is 0 Å². The Morgan fingerprint density at radius 3 is 2.92 bits per heavy atom. The Morgan fingerprint density at radius 2 is 2.15 bits per heavy atom. The Balaban J connectivity index is 1.57. The van der Waals surface area contributed by atoms with E-state index in [-0.39, 0.29) is 17.9 Å². The molecule has 1 aromatic carbocycles. The number of carbonyl (C=O) groups excluding carboxylic acids is 1. The highest BCUT2D eigenvalue weighted by molar-refractivity contribution is 5.93. The van der Waals surface area contributed by atoms with Crippen LogP contribution < -0.4 is 10.9 Å². The molecule has 0 radical (unpaired) electrons. The Morgan fingerprint density at radius 1 is 1.35 bits per heavy atom. The molecule has 0 saturated heterocycles. The lowest BCUT2D eigenvalue weighted by Crippen LogP contribution is -2.31. The number of nitrogens with zero attached hydrogens (tertiary/aromatic N) is 2. The molecule has 1 fully saturated rings. The van der Waals surface area contributed by atoms with Crippen molar-refractivity contribution in [3.63, 3.8) is 0 Å². The van der Waals surface area contributed by atoms with E-state index in [1.165, 1.54) is 16.7 Å².